The lowest BCUT2D eigenvalue weighted by Crippen LogP contribution is -1.98. The standard InChI is InChI=1S/C11H12ClNOS/c1-8(6-12)7-15-11-13-9-4-2-3-5-10(9)14-11/h2-5,8H,6-7H2,1H3. The predicted molar refractivity (Wildman–Crippen MR) is 64.6 cm³/mol. The molecule has 2 aromatic rings. The fraction of sp³-hybridized carbons (Fsp3) is 0.364. The van der Waals surface area contributed by atoms with E-state index < -0.39 is 0 Å². The van der Waals surface area contributed by atoms with Crippen molar-refractivity contribution in [3.8, 4) is 0 Å². The van der Waals surface area contributed by atoms with Gasteiger partial charge < -0.3 is 4.42 Å². The molecule has 0 aliphatic carbocycles. The molecule has 2 nitrogen and oxygen atoms in total. The second-order valence-electron chi connectivity index (χ2n) is 3.52. The minimum Gasteiger partial charge on any atom is -0.431 e. The second-order valence-corrected chi connectivity index (χ2v) is 4.80. The van der Waals surface area contributed by atoms with Crippen molar-refractivity contribution in [2.24, 2.45) is 5.92 Å². The summed E-state index contributed by atoms with van der Waals surface area (Å²) in [7, 11) is 0. The molecule has 1 aromatic heterocycles. The van der Waals surface area contributed by atoms with Crippen LogP contribution < -0.4 is 0 Å². The van der Waals surface area contributed by atoms with E-state index in [0.717, 1.165) is 22.1 Å². The zero-order valence-corrected chi connectivity index (χ0v) is 10.0. The molecule has 15 heavy (non-hydrogen) atoms. The molecule has 1 atom stereocenters. The predicted octanol–water partition coefficient (Wildman–Crippen LogP) is 3.79. The molecule has 1 heterocycles. The van der Waals surface area contributed by atoms with Gasteiger partial charge in [0.25, 0.3) is 5.22 Å². The van der Waals surface area contributed by atoms with Gasteiger partial charge in [0.2, 0.25) is 0 Å². The number of thioether (sulfide) groups is 1. The smallest absolute Gasteiger partial charge is 0.256 e. The third-order valence-electron chi connectivity index (χ3n) is 2.03. The minimum absolute atomic E-state index is 0.478. The highest BCUT2D eigenvalue weighted by atomic mass is 35.5. The van der Waals surface area contributed by atoms with Crippen LogP contribution >= 0.6 is 23.4 Å². The van der Waals surface area contributed by atoms with E-state index in [1.807, 2.05) is 24.3 Å². The summed E-state index contributed by atoms with van der Waals surface area (Å²) in [5.74, 6) is 2.09. The number of hydrogen-bond acceptors (Lipinski definition) is 3. The third-order valence-corrected chi connectivity index (χ3v) is 3.71. The fourth-order valence-corrected chi connectivity index (χ4v) is 2.27. The summed E-state index contributed by atoms with van der Waals surface area (Å²) >= 11 is 7.35. The molecule has 2 rings (SSSR count). The number of oxazole rings is 1. The molecule has 0 aliphatic rings. The fourth-order valence-electron chi connectivity index (χ4n) is 1.17. The Bertz CT molecular complexity index is 410. The van der Waals surface area contributed by atoms with Crippen LogP contribution in [0.15, 0.2) is 33.9 Å². The number of halogens is 1. The number of rotatable bonds is 4. The van der Waals surface area contributed by atoms with E-state index in [4.69, 9.17) is 16.0 Å². The number of alkyl halides is 1. The quantitative estimate of drug-likeness (QED) is 0.602. The second kappa shape index (κ2) is 4.90. The number of aromatic nitrogens is 1. The number of nitrogens with zero attached hydrogens (tertiary/aromatic N) is 1. The highest BCUT2D eigenvalue weighted by Crippen LogP contribution is 2.24. The van der Waals surface area contributed by atoms with Gasteiger partial charge in [-0.2, -0.15) is 0 Å². The topological polar surface area (TPSA) is 26.0 Å². The monoisotopic (exact) mass is 241 g/mol. The molecule has 0 fully saturated rings. The van der Waals surface area contributed by atoms with Crippen molar-refractivity contribution in [2.75, 3.05) is 11.6 Å². The summed E-state index contributed by atoms with van der Waals surface area (Å²) in [6.07, 6.45) is 0. The van der Waals surface area contributed by atoms with E-state index in [2.05, 4.69) is 11.9 Å². The van der Waals surface area contributed by atoms with Gasteiger partial charge in [0.1, 0.15) is 5.52 Å². The van der Waals surface area contributed by atoms with Gasteiger partial charge in [-0.1, -0.05) is 30.8 Å². The first-order valence-electron chi connectivity index (χ1n) is 4.84. The SMILES string of the molecule is CC(CCl)CSc1nc2ccccc2o1. The average molecular weight is 242 g/mol. The van der Waals surface area contributed by atoms with Gasteiger partial charge in [0, 0.05) is 11.6 Å². The lowest BCUT2D eigenvalue weighted by molar-refractivity contribution is 0.488. The van der Waals surface area contributed by atoms with Gasteiger partial charge in [-0.25, -0.2) is 4.98 Å². The van der Waals surface area contributed by atoms with Crippen molar-refractivity contribution in [3.05, 3.63) is 24.3 Å². The Morgan fingerprint density at radius 2 is 2.27 bits per heavy atom. The molecule has 0 amide bonds. The van der Waals surface area contributed by atoms with Gasteiger partial charge in [0.15, 0.2) is 5.58 Å². The molecule has 0 N–H and O–H groups in total. The van der Waals surface area contributed by atoms with Crippen LogP contribution in [0.2, 0.25) is 0 Å². The van der Waals surface area contributed by atoms with Crippen LogP contribution in [0.4, 0.5) is 0 Å². The Morgan fingerprint density at radius 3 is 3.00 bits per heavy atom. The Balaban J connectivity index is 2.09. The molecular formula is C11H12ClNOS. The van der Waals surface area contributed by atoms with Gasteiger partial charge in [-0.05, 0) is 18.1 Å². The minimum atomic E-state index is 0.478. The van der Waals surface area contributed by atoms with E-state index in [9.17, 15) is 0 Å². The lowest BCUT2D eigenvalue weighted by atomic mass is 10.3. The number of fused-ring (bicyclic) bond motifs is 1. The van der Waals surface area contributed by atoms with E-state index in [-0.39, 0.29) is 0 Å². The molecule has 0 radical (unpaired) electrons. The maximum absolute atomic E-state index is 5.73. The van der Waals surface area contributed by atoms with Crippen molar-refractivity contribution >= 4 is 34.5 Å². The van der Waals surface area contributed by atoms with E-state index >= 15 is 0 Å². The van der Waals surface area contributed by atoms with Crippen molar-refractivity contribution in [2.45, 2.75) is 12.1 Å². The first-order valence-corrected chi connectivity index (χ1v) is 6.36. The van der Waals surface area contributed by atoms with Crippen LogP contribution in [0.1, 0.15) is 6.92 Å². The molecule has 1 aromatic carbocycles. The lowest BCUT2D eigenvalue weighted by Gasteiger charge is -2.02. The Morgan fingerprint density at radius 1 is 1.47 bits per heavy atom. The zero-order chi connectivity index (χ0) is 10.7. The summed E-state index contributed by atoms with van der Waals surface area (Å²) < 4.78 is 5.57. The summed E-state index contributed by atoms with van der Waals surface area (Å²) in [5.41, 5.74) is 1.76. The largest absolute Gasteiger partial charge is 0.431 e. The molecule has 0 saturated heterocycles. The molecule has 0 bridgehead atoms. The Kier molecular flexibility index (Phi) is 3.54. The molecule has 0 aliphatic heterocycles. The van der Waals surface area contributed by atoms with Gasteiger partial charge >= 0.3 is 0 Å². The molecule has 0 saturated carbocycles. The van der Waals surface area contributed by atoms with Crippen molar-refractivity contribution in [1.82, 2.24) is 4.98 Å². The summed E-state index contributed by atoms with van der Waals surface area (Å²) in [5, 5.41) is 0.730. The van der Waals surface area contributed by atoms with Crippen molar-refractivity contribution in [3.63, 3.8) is 0 Å². The van der Waals surface area contributed by atoms with E-state index in [1.54, 1.807) is 11.8 Å². The van der Waals surface area contributed by atoms with Gasteiger partial charge in [0.05, 0.1) is 0 Å². The zero-order valence-electron chi connectivity index (χ0n) is 8.44. The molecule has 4 heteroatoms. The van der Waals surface area contributed by atoms with Crippen molar-refractivity contribution in [1.29, 1.82) is 0 Å². The maximum Gasteiger partial charge on any atom is 0.256 e. The summed E-state index contributed by atoms with van der Waals surface area (Å²) in [4.78, 5) is 4.37. The third kappa shape index (κ3) is 2.67. The van der Waals surface area contributed by atoms with Crippen molar-refractivity contribution < 1.29 is 4.42 Å². The first kappa shape index (κ1) is 10.8. The normalized spacial score (nSPS) is 13.2. The number of hydrogen-bond donors (Lipinski definition) is 0. The first-order chi connectivity index (χ1) is 7.29. The van der Waals surface area contributed by atoms with Crippen LogP contribution in [0.3, 0.4) is 0 Å². The van der Waals surface area contributed by atoms with Gasteiger partial charge in [-0.3, -0.25) is 0 Å². The molecule has 80 valence electrons. The molecular weight excluding hydrogens is 230 g/mol. The highest BCUT2D eigenvalue weighted by molar-refractivity contribution is 7.99. The van der Waals surface area contributed by atoms with Crippen LogP contribution in [-0.4, -0.2) is 16.6 Å². The number of benzene rings is 1. The van der Waals surface area contributed by atoms with E-state index in [0.29, 0.717) is 11.8 Å². The Labute approximate surface area is 98.0 Å². The van der Waals surface area contributed by atoms with Crippen LogP contribution in [-0.2, 0) is 0 Å². The Hall–Kier alpha value is -0.670. The average Bonchev–Trinajstić information content (AvgIpc) is 2.68. The maximum atomic E-state index is 5.73. The van der Waals surface area contributed by atoms with E-state index in [1.165, 1.54) is 0 Å². The van der Waals surface area contributed by atoms with Crippen LogP contribution in [0.5, 0.6) is 0 Å². The summed E-state index contributed by atoms with van der Waals surface area (Å²) in [6.45, 7) is 2.11. The van der Waals surface area contributed by atoms with Crippen LogP contribution in [0, 0.1) is 5.92 Å². The molecule has 0 spiro atoms. The van der Waals surface area contributed by atoms with Gasteiger partial charge in [-0.15, -0.1) is 11.6 Å². The van der Waals surface area contributed by atoms with Crippen LogP contribution in [0.25, 0.3) is 11.1 Å². The summed E-state index contributed by atoms with van der Waals surface area (Å²) in [6, 6.07) is 7.79. The molecule has 1 unspecified atom stereocenters. The highest BCUT2D eigenvalue weighted by Gasteiger charge is 2.07. The number of para-hydroxylation sites is 2.